The average molecular weight is 294 g/mol. The number of carboxylic acid groups (broad SMARTS) is 1. The highest BCUT2D eigenvalue weighted by Crippen LogP contribution is 2.39. The zero-order chi connectivity index (χ0) is 14.2. The third kappa shape index (κ3) is 2.94. The van der Waals surface area contributed by atoms with E-state index in [0.717, 1.165) is 6.07 Å². The zero-order valence-corrected chi connectivity index (χ0v) is 10.4. The summed E-state index contributed by atoms with van der Waals surface area (Å²) in [7, 11) is 0. The fourth-order valence-electron chi connectivity index (χ4n) is 2.04. The third-order valence-electron chi connectivity index (χ3n) is 3.22. The van der Waals surface area contributed by atoms with E-state index in [1.165, 1.54) is 12.1 Å². The fourth-order valence-corrected chi connectivity index (χ4v) is 2.22. The van der Waals surface area contributed by atoms with Crippen LogP contribution < -0.4 is 5.32 Å². The number of halogens is 4. The molecule has 1 aliphatic carbocycles. The molecule has 2 unspecified atom stereocenters. The second-order valence-corrected chi connectivity index (χ2v) is 4.90. The van der Waals surface area contributed by atoms with Crippen molar-refractivity contribution in [2.45, 2.75) is 25.1 Å². The number of benzene rings is 1. The van der Waals surface area contributed by atoms with Gasteiger partial charge in [-0.2, -0.15) is 13.2 Å². The summed E-state index contributed by atoms with van der Waals surface area (Å²) >= 11 is 5.56. The Hall–Kier alpha value is -1.43. The van der Waals surface area contributed by atoms with Crippen molar-refractivity contribution in [2.75, 3.05) is 5.32 Å². The van der Waals surface area contributed by atoms with E-state index in [-0.39, 0.29) is 10.7 Å². The van der Waals surface area contributed by atoms with Crippen molar-refractivity contribution in [2.24, 2.45) is 5.92 Å². The number of nitrogens with one attached hydrogen (secondary N) is 1. The molecule has 0 bridgehead atoms. The summed E-state index contributed by atoms with van der Waals surface area (Å²) in [6.45, 7) is 0. The summed E-state index contributed by atoms with van der Waals surface area (Å²) in [5.41, 5.74) is -1.01. The highest BCUT2D eigenvalue weighted by molar-refractivity contribution is 6.30. The first-order chi connectivity index (χ1) is 8.79. The van der Waals surface area contributed by atoms with Crippen LogP contribution in [0.5, 0.6) is 0 Å². The lowest BCUT2D eigenvalue weighted by Gasteiger charge is -2.35. The van der Waals surface area contributed by atoms with E-state index >= 15 is 0 Å². The summed E-state index contributed by atoms with van der Waals surface area (Å²) in [5.74, 6) is -1.64. The first-order valence-corrected chi connectivity index (χ1v) is 6.03. The molecule has 7 heteroatoms. The van der Waals surface area contributed by atoms with E-state index in [9.17, 15) is 18.0 Å². The number of carboxylic acids is 1. The van der Waals surface area contributed by atoms with Crippen LogP contribution in [0.25, 0.3) is 0 Å². The van der Waals surface area contributed by atoms with Crippen molar-refractivity contribution in [1.82, 2.24) is 0 Å². The maximum absolute atomic E-state index is 12.8. The van der Waals surface area contributed by atoms with Gasteiger partial charge in [0, 0.05) is 16.8 Å². The highest BCUT2D eigenvalue weighted by Gasteiger charge is 2.39. The second kappa shape index (κ2) is 4.92. The Morgan fingerprint density at radius 3 is 2.53 bits per heavy atom. The Kier molecular flexibility index (Phi) is 3.62. The Morgan fingerprint density at radius 2 is 2.05 bits per heavy atom. The molecule has 0 saturated heterocycles. The lowest BCUT2D eigenvalue weighted by Crippen LogP contribution is -2.43. The minimum absolute atomic E-state index is 0.0127. The third-order valence-corrected chi connectivity index (χ3v) is 3.45. The van der Waals surface area contributed by atoms with Gasteiger partial charge in [-0.05, 0) is 31.0 Å². The molecule has 1 aromatic rings. The maximum Gasteiger partial charge on any atom is 0.418 e. The first kappa shape index (κ1) is 14.0. The Bertz CT molecular complexity index is 504. The van der Waals surface area contributed by atoms with Crippen LogP contribution in [-0.2, 0) is 11.0 Å². The predicted molar refractivity (Wildman–Crippen MR) is 64.2 cm³/mol. The Morgan fingerprint density at radius 1 is 1.37 bits per heavy atom. The van der Waals surface area contributed by atoms with Crippen LogP contribution in [0.4, 0.5) is 18.9 Å². The first-order valence-electron chi connectivity index (χ1n) is 5.65. The van der Waals surface area contributed by atoms with Gasteiger partial charge in [-0.1, -0.05) is 11.6 Å². The number of carbonyl (C=O) groups is 1. The SMILES string of the molecule is O=C(O)C1CCC1Nc1ccc(Cl)cc1C(F)(F)F. The van der Waals surface area contributed by atoms with Crippen LogP contribution in [0.2, 0.25) is 5.02 Å². The van der Waals surface area contributed by atoms with Crippen molar-refractivity contribution >= 4 is 23.3 Å². The molecule has 0 spiro atoms. The molecule has 19 heavy (non-hydrogen) atoms. The van der Waals surface area contributed by atoms with Gasteiger partial charge in [-0.3, -0.25) is 4.79 Å². The molecule has 0 aliphatic heterocycles. The molecule has 1 aliphatic rings. The zero-order valence-electron chi connectivity index (χ0n) is 9.67. The van der Waals surface area contributed by atoms with Crippen LogP contribution in [-0.4, -0.2) is 17.1 Å². The largest absolute Gasteiger partial charge is 0.481 e. The number of alkyl halides is 3. The summed E-state index contributed by atoms with van der Waals surface area (Å²) in [4.78, 5) is 10.8. The molecule has 3 nitrogen and oxygen atoms in total. The summed E-state index contributed by atoms with van der Waals surface area (Å²) < 4.78 is 38.5. The minimum Gasteiger partial charge on any atom is -0.481 e. The molecule has 104 valence electrons. The number of anilines is 1. The van der Waals surface area contributed by atoms with Crippen LogP contribution in [0.15, 0.2) is 18.2 Å². The van der Waals surface area contributed by atoms with Crippen molar-refractivity contribution in [3.63, 3.8) is 0 Å². The molecule has 0 aromatic heterocycles. The van der Waals surface area contributed by atoms with Crippen molar-refractivity contribution in [3.8, 4) is 0 Å². The maximum atomic E-state index is 12.8. The number of rotatable bonds is 3. The van der Waals surface area contributed by atoms with Gasteiger partial charge in [-0.25, -0.2) is 0 Å². The van der Waals surface area contributed by atoms with E-state index in [1.54, 1.807) is 0 Å². The van der Waals surface area contributed by atoms with Gasteiger partial charge in [0.25, 0.3) is 0 Å². The topological polar surface area (TPSA) is 49.3 Å². The summed E-state index contributed by atoms with van der Waals surface area (Å²) in [5, 5.41) is 11.5. The Balaban J connectivity index is 2.23. The lowest BCUT2D eigenvalue weighted by molar-refractivity contribution is -0.144. The minimum atomic E-state index is -4.53. The molecular weight excluding hydrogens is 283 g/mol. The highest BCUT2D eigenvalue weighted by atomic mass is 35.5. The average Bonchev–Trinajstić information content (AvgIpc) is 2.23. The van der Waals surface area contributed by atoms with Gasteiger partial charge in [0.2, 0.25) is 0 Å². The van der Waals surface area contributed by atoms with Gasteiger partial charge in [0.1, 0.15) is 0 Å². The normalized spacial score (nSPS) is 22.7. The van der Waals surface area contributed by atoms with E-state index < -0.39 is 29.7 Å². The van der Waals surface area contributed by atoms with Gasteiger partial charge in [0.15, 0.2) is 0 Å². The molecule has 2 N–H and O–H groups in total. The molecule has 0 amide bonds. The summed E-state index contributed by atoms with van der Waals surface area (Å²) in [6, 6.07) is 2.92. The molecular formula is C12H11ClF3NO2. The standard InChI is InChI=1S/C12H11ClF3NO2/c13-6-1-3-10(8(5-6)12(14,15)16)17-9-4-2-7(9)11(18)19/h1,3,5,7,9,17H,2,4H2,(H,18,19). The van der Waals surface area contributed by atoms with Gasteiger partial charge in [-0.15, -0.1) is 0 Å². The molecule has 2 atom stereocenters. The quantitative estimate of drug-likeness (QED) is 0.894. The second-order valence-electron chi connectivity index (χ2n) is 4.46. The number of hydrogen-bond acceptors (Lipinski definition) is 2. The number of aliphatic carboxylic acids is 1. The number of hydrogen-bond donors (Lipinski definition) is 2. The fraction of sp³-hybridized carbons (Fsp3) is 0.417. The van der Waals surface area contributed by atoms with Gasteiger partial charge in [0.05, 0.1) is 11.5 Å². The molecule has 1 saturated carbocycles. The molecule has 0 radical (unpaired) electrons. The predicted octanol–water partition coefficient (Wildman–Crippen LogP) is 3.63. The van der Waals surface area contributed by atoms with E-state index in [4.69, 9.17) is 16.7 Å². The van der Waals surface area contributed by atoms with Gasteiger partial charge >= 0.3 is 12.1 Å². The molecule has 0 heterocycles. The lowest BCUT2D eigenvalue weighted by atomic mass is 9.79. The molecule has 2 rings (SSSR count). The van der Waals surface area contributed by atoms with Gasteiger partial charge < -0.3 is 10.4 Å². The van der Waals surface area contributed by atoms with Crippen molar-refractivity contribution in [3.05, 3.63) is 28.8 Å². The van der Waals surface area contributed by atoms with Crippen LogP contribution in [0, 0.1) is 5.92 Å². The Labute approximate surface area is 112 Å². The van der Waals surface area contributed by atoms with E-state index in [2.05, 4.69) is 5.32 Å². The van der Waals surface area contributed by atoms with Crippen molar-refractivity contribution in [1.29, 1.82) is 0 Å². The van der Waals surface area contributed by atoms with Crippen LogP contribution in [0.1, 0.15) is 18.4 Å². The smallest absolute Gasteiger partial charge is 0.418 e. The summed E-state index contributed by atoms with van der Waals surface area (Å²) in [6.07, 6.45) is -3.52. The van der Waals surface area contributed by atoms with Crippen LogP contribution >= 0.6 is 11.6 Å². The van der Waals surface area contributed by atoms with Crippen LogP contribution in [0.3, 0.4) is 0 Å². The molecule has 1 fully saturated rings. The monoisotopic (exact) mass is 293 g/mol. The van der Waals surface area contributed by atoms with Crippen molar-refractivity contribution < 1.29 is 23.1 Å². The molecule has 1 aromatic carbocycles. The van der Waals surface area contributed by atoms with E-state index in [1.807, 2.05) is 0 Å². The van der Waals surface area contributed by atoms with E-state index in [0.29, 0.717) is 12.8 Å².